The maximum absolute atomic E-state index is 2.50. The van der Waals surface area contributed by atoms with Crippen LogP contribution in [0.2, 0.25) is 0 Å². The van der Waals surface area contributed by atoms with Gasteiger partial charge in [0.15, 0.2) is 0 Å². The molecular formula is C64H44N2. The van der Waals surface area contributed by atoms with Gasteiger partial charge in [-0.15, -0.1) is 0 Å². The van der Waals surface area contributed by atoms with Gasteiger partial charge < -0.3 is 9.80 Å². The monoisotopic (exact) mass is 840 g/mol. The second-order valence-corrected chi connectivity index (χ2v) is 17.8. The van der Waals surface area contributed by atoms with Crippen LogP contribution in [-0.4, -0.2) is 0 Å². The van der Waals surface area contributed by atoms with Gasteiger partial charge in [-0.3, -0.25) is 0 Å². The van der Waals surface area contributed by atoms with Gasteiger partial charge in [0.25, 0.3) is 0 Å². The summed E-state index contributed by atoms with van der Waals surface area (Å²) >= 11 is 0. The van der Waals surface area contributed by atoms with Crippen LogP contribution in [0.4, 0.5) is 34.1 Å². The fourth-order valence-electron chi connectivity index (χ4n) is 10.9. The minimum atomic E-state index is 1.13. The molecule has 0 spiro atoms. The van der Waals surface area contributed by atoms with Crippen molar-refractivity contribution in [2.45, 2.75) is 13.8 Å². The van der Waals surface area contributed by atoms with Crippen molar-refractivity contribution in [1.29, 1.82) is 0 Å². The van der Waals surface area contributed by atoms with Crippen LogP contribution >= 0.6 is 0 Å². The third-order valence-electron chi connectivity index (χ3n) is 13.9. The van der Waals surface area contributed by atoms with Crippen LogP contribution in [0.15, 0.2) is 231 Å². The van der Waals surface area contributed by atoms with E-state index in [1.807, 2.05) is 0 Å². The van der Waals surface area contributed by atoms with E-state index < -0.39 is 0 Å². The first kappa shape index (κ1) is 38.0. The Bertz CT molecular complexity index is 3810. The highest BCUT2D eigenvalue weighted by Crippen LogP contribution is 2.47. The highest BCUT2D eigenvalue weighted by Gasteiger charge is 2.21. The van der Waals surface area contributed by atoms with E-state index in [4.69, 9.17) is 0 Å². The highest BCUT2D eigenvalue weighted by molar-refractivity contribution is 6.34. The minimum absolute atomic E-state index is 1.13. The maximum atomic E-state index is 2.50. The molecule has 0 bridgehead atoms. The summed E-state index contributed by atoms with van der Waals surface area (Å²) < 4.78 is 0. The van der Waals surface area contributed by atoms with Gasteiger partial charge in [-0.05, 0) is 196 Å². The summed E-state index contributed by atoms with van der Waals surface area (Å²) in [5, 5.41) is 20.2. The van der Waals surface area contributed by atoms with Crippen LogP contribution in [0, 0.1) is 13.8 Å². The largest absolute Gasteiger partial charge is 0.310 e. The topological polar surface area (TPSA) is 6.48 Å². The highest BCUT2D eigenvalue weighted by atomic mass is 15.1. The SMILES string of the molecule is Cc1cccc2c3cc(N(c4ccccc4)c4ccc5ccccc5c4)ccc3c3cc4c(cc3c12)c1ccc(N(c2ccccc2)c2ccc3ccccc3c2)cc1c1cccc(C)c14. The average Bonchev–Trinajstić information content (AvgIpc) is 3.37. The Labute approximate surface area is 383 Å². The first-order valence-electron chi connectivity index (χ1n) is 22.9. The third kappa shape index (κ3) is 6.03. The van der Waals surface area contributed by atoms with E-state index in [1.165, 1.54) is 97.3 Å². The molecule has 0 radical (unpaired) electrons. The Kier molecular flexibility index (Phi) is 8.69. The molecule has 0 heterocycles. The summed E-state index contributed by atoms with van der Waals surface area (Å²) in [6, 6.07) is 85.2. The summed E-state index contributed by atoms with van der Waals surface area (Å²) in [5.74, 6) is 0. The molecule has 13 aromatic carbocycles. The van der Waals surface area contributed by atoms with Gasteiger partial charge in [0, 0.05) is 34.1 Å². The van der Waals surface area contributed by atoms with Crippen molar-refractivity contribution < 1.29 is 0 Å². The Morgan fingerprint density at radius 2 is 0.576 bits per heavy atom. The lowest BCUT2D eigenvalue weighted by molar-refractivity contribution is 1.29. The number of fused-ring (bicyclic) bond motifs is 14. The predicted molar refractivity (Wildman–Crippen MR) is 285 cm³/mol. The van der Waals surface area contributed by atoms with Gasteiger partial charge >= 0.3 is 0 Å². The van der Waals surface area contributed by atoms with Crippen molar-refractivity contribution in [1.82, 2.24) is 0 Å². The van der Waals surface area contributed by atoms with E-state index in [2.05, 4.69) is 254 Å². The molecule has 0 atom stereocenters. The van der Waals surface area contributed by atoms with Crippen LogP contribution in [-0.2, 0) is 0 Å². The smallest absolute Gasteiger partial charge is 0.0468 e. The molecule has 0 saturated carbocycles. The van der Waals surface area contributed by atoms with Gasteiger partial charge in [0.2, 0.25) is 0 Å². The van der Waals surface area contributed by atoms with Crippen LogP contribution in [0.1, 0.15) is 11.1 Å². The van der Waals surface area contributed by atoms with Gasteiger partial charge in [-0.25, -0.2) is 0 Å². The van der Waals surface area contributed by atoms with Crippen molar-refractivity contribution in [3.05, 3.63) is 242 Å². The summed E-state index contributed by atoms with van der Waals surface area (Å²) in [6.07, 6.45) is 0. The molecule has 0 saturated heterocycles. The van der Waals surface area contributed by atoms with Gasteiger partial charge in [-0.1, -0.05) is 146 Å². The molecule has 0 N–H and O–H groups in total. The summed E-state index contributed by atoms with van der Waals surface area (Å²) in [4.78, 5) is 4.79. The number of rotatable bonds is 6. The van der Waals surface area contributed by atoms with E-state index in [9.17, 15) is 0 Å². The molecule has 0 aliphatic heterocycles. The number of nitrogens with zero attached hydrogens (tertiary/aromatic N) is 2. The quantitative estimate of drug-likeness (QED) is 0.122. The number of benzene rings is 13. The van der Waals surface area contributed by atoms with Crippen LogP contribution in [0.5, 0.6) is 0 Å². The zero-order valence-corrected chi connectivity index (χ0v) is 36.8. The van der Waals surface area contributed by atoms with Crippen LogP contribution in [0.25, 0.3) is 86.2 Å². The molecule has 0 unspecified atom stereocenters. The zero-order valence-electron chi connectivity index (χ0n) is 36.8. The van der Waals surface area contributed by atoms with Gasteiger partial charge in [0.1, 0.15) is 0 Å². The van der Waals surface area contributed by atoms with Crippen molar-refractivity contribution in [3.8, 4) is 0 Å². The molecule has 2 nitrogen and oxygen atoms in total. The van der Waals surface area contributed by atoms with Crippen molar-refractivity contribution in [3.63, 3.8) is 0 Å². The first-order chi connectivity index (χ1) is 32.6. The molecule has 66 heavy (non-hydrogen) atoms. The minimum Gasteiger partial charge on any atom is -0.310 e. The fraction of sp³-hybridized carbons (Fsp3) is 0.0312. The molecule has 0 fully saturated rings. The standard InChI is InChI=1S/C64H44N2/c1-41-15-13-25-55-57-37-51(65(47-21-5-3-6-22-47)49-29-27-43-17-9-11-19-45(43)35-49)31-33-53(57)59-40-62-60(39-61(59)63(41)55)54-34-32-52(38-58(54)56-26-14-16-42(2)64(56)62)66(48-23-7-4-8-24-48)50-30-28-44-18-10-12-20-46(44)36-50/h3-40H,1-2H3. The van der Waals surface area contributed by atoms with E-state index in [-0.39, 0.29) is 0 Å². The van der Waals surface area contributed by atoms with Crippen molar-refractivity contribution in [2.24, 2.45) is 0 Å². The Hall–Kier alpha value is -8.46. The summed E-state index contributed by atoms with van der Waals surface area (Å²) in [6.45, 7) is 4.54. The number of hydrogen-bond acceptors (Lipinski definition) is 2. The molecule has 0 amide bonds. The second-order valence-electron chi connectivity index (χ2n) is 17.8. The van der Waals surface area contributed by atoms with Crippen molar-refractivity contribution in [2.75, 3.05) is 9.80 Å². The molecule has 310 valence electrons. The molecule has 2 heteroatoms. The Morgan fingerprint density at radius 3 is 1.02 bits per heavy atom. The zero-order chi connectivity index (χ0) is 43.9. The van der Waals surface area contributed by atoms with E-state index in [0.29, 0.717) is 0 Å². The lowest BCUT2D eigenvalue weighted by Gasteiger charge is -2.27. The molecule has 13 rings (SSSR count). The van der Waals surface area contributed by atoms with Crippen LogP contribution < -0.4 is 9.80 Å². The lowest BCUT2D eigenvalue weighted by atomic mass is 9.86. The normalized spacial score (nSPS) is 11.8. The van der Waals surface area contributed by atoms with Gasteiger partial charge in [0.05, 0.1) is 0 Å². The van der Waals surface area contributed by atoms with Crippen LogP contribution in [0.3, 0.4) is 0 Å². The first-order valence-corrected chi connectivity index (χ1v) is 22.9. The number of hydrogen-bond donors (Lipinski definition) is 0. The van der Waals surface area contributed by atoms with E-state index in [1.54, 1.807) is 0 Å². The molecule has 0 aliphatic rings. The van der Waals surface area contributed by atoms with E-state index >= 15 is 0 Å². The third-order valence-corrected chi connectivity index (χ3v) is 13.9. The predicted octanol–water partition coefficient (Wildman–Crippen LogP) is 18.5. The van der Waals surface area contributed by atoms with Crippen molar-refractivity contribution >= 4 is 120 Å². The molecule has 0 aromatic heterocycles. The Balaban J connectivity index is 1.06. The van der Waals surface area contributed by atoms with Gasteiger partial charge in [-0.2, -0.15) is 0 Å². The summed E-state index contributed by atoms with van der Waals surface area (Å²) in [7, 11) is 0. The summed E-state index contributed by atoms with van der Waals surface area (Å²) in [5.41, 5.74) is 9.32. The maximum Gasteiger partial charge on any atom is 0.0468 e. The number of para-hydroxylation sites is 2. The molecule has 0 aliphatic carbocycles. The molecular weight excluding hydrogens is 797 g/mol. The average molecular weight is 841 g/mol. The number of anilines is 6. The number of aryl methyl sites for hydroxylation is 2. The lowest BCUT2D eigenvalue weighted by Crippen LogP contribution is -2.09. The Morgan fingerprint density at radius 1 is 0.212 bits per heavy atom. The van der Waals surface area contributed by atoms with E-state index in [0.717, 1.165) is 34.1 Å². The second kappa shape index (κ2) is 15.1. The molecule has 13 aromatic rings. The fourth-order valence-corrected chi connectivity index (χ4v) is 10.9.